The molecule has 2 aromatic rings. The minimum atomic E-state index is -1.19. The highest BCUT2D eigenvalue weighted by Gasteiger charge is 2.12. The number of aromatic carboxylic acids is 1. The number of benzene rings is 1. The summed E-state index contributed by atoms with van der Waals surface area (Å²) in [5.41, 5.74) is 2.09. The second-order valence-electron chi connectivity index (χ2n) is 5.00. The summed E-state index contributed by atoms with van der Waals surface area (Å²) in [7, 11) is 0. The van der Waals surface area contributed by atoms with Gasteiger partial charge in [-0.15, -0.1) is 0 Å². The predicted octanol–water partition coefficient (Wildman–Crippen LogP) is 2.54. The average molecular weight is 284 g/mol. The van der Waals surface area contributed by atoms with E-state index in [-0.39, 0.29) is 5.69 Å². The van der Waals surface area contributed by atoms with Crippen molar-refractivity contribution < 1.29 is 14.6 Å². The van der Waals surface area contributed by atoms with Crippen LogP contribution in [-0.2, 0) is 6.54 Å². The summed E-state index contributed by atoms with van der Waals surface area (Å²) >= 11 is 0. The number of carbonyl (C=O) groups is 1. The zero-order chi connectivity index (χ0) is 15.4. The number of aromatic nitrogens is 1. The van der Waals surface area contributed by atoms with Crippen LogP contribution in [-0.4, -0.2) is 17.1 Å². The smallest absolute Gasteiger partial charge is 0.129 e. The molecule has 0 amide bonds. The number of hydrogen-bond donors (Lipinski definition) is 0. The molecular formula is C17H18NO3-. The maximum Gasteiger partial charge on any atom is 0.129 e. The van der Waals surface area contributed by atoms with Crippen LogP contribution in [0.4, 0.5) is 0 Å². The lowest BCUT2D eigenvalue weighted by Crippen LogP contribution is -2.25. The molecule has 110 valence electrons. The Morgan fingerprint density at radius 2 is 2.19 bits per heavy atom. The van der Waals surface area contributed by atoms with Crippen LogP contribution < -0.4 is 9.84 Å². The van der Waals surface area contributed by atoms with E-state index in [1.165, 1.54) is 0 Å². The Morgan fingerprint density at radius 3 is 2.81 bits per heavy atom. The lowest BCUT2D eigenvalue weighted by molar-refractivity contribution is -0.255. The quantitative estimate of drug-likeness (QED) is 0.766. The van der Waals surface area contributed by atoms with Gasteiger partial charge in [0.2, 0.25) is 0 Å². The summed E-state index contributed by atoms with van der Waals surface area (Å²) in [6.07, 6.45) is 3.63. The third-order valence-electron chi connectivity index (χ3n) is 3.15. The predicted molar refractivity (Wildman–Crippen MR) is 81.4 cm³/mol. The molecule has 0 atom stereocenters. The Hall–Kier alpha value is -2.49. The van der Waals surface area contributed by atoms with Crippen molar-refractivity contribution in [2.45, 2.75) is 20.4 Å². The van der Waals surface area contributed by atoms with Crippen molar-refractivity contribution in [3.63, 3.8) is 0 Å². The van der Waals surface area contributed by atoms with Crippen LogP contribution in [0.15, 0.2) is 48.6 Å². The largest absolute Gasteiger partial charge is 0.543 e. The van der Waals surface area contributed by atoms with Crippen LogP contribution in [0, 0.1) is 0 Å². The molecular weight excluding hydrogens is 266 g/mol. The highest BCUT2D eigenvalue weighted by molar-refractivity contribution is 5.96. The topological polar surface area (TPSA) is 54.3 Å². The summed E-state index contributed by atoms with van der Waals surface area (Å²) < 4.78 is 7.30. The molecule has 1 heterocycles. The van der Waals surface area contributed by atoms with Gasteiger partial charge in [-0.1, -0.05) is 30.4 Å². The molecule has 0 saturated carbocycles. The van der Waals surface area contributed by atoms with Crippen molar-refractivity contribution in [3.05, 3.63) is 54.3 Å². The first kappa shape index (κ1) is 14.9. The molecule has 0 saturated heterocycles. The summed E-state index contributed by atoms with van der Waals surface area (Å²) in [5.74, 6) is -0.547. The van der Waals surface area contributed by atoms with Crippen LogP contribution in [0.3, 0.4) is 0 Å². The molecule has 0 fully saturated rings. The fourth-order valence-electron chi connectivity index (χ4n) is 2.17. The third-order valence-corrected chi connectivity index (χ3v) is 3.15. The van der Waals surface area contributed by atoms with E-state index in [9.17, 15) is 9.90 Å². The van der Waals surface area contributed by atoms with Gasteiger partial charge in [0.25, 0.3) is 0 Å². The van der Waals surface area contributed by atoms with E-state index < -0.39 is 5.97 Å². The second kappa shape index (κ2) is 6.31. The van der Waals surface area contributed by atoms with Gasteiger partial charge in [0.1, 0.15) is 12.4 Å². The minimum Gasteiger partial charge on any atom is -0.543 e. The molecule has 0 unspecified atom stereocenters. The SMILES string of the molecule is C=CCOc1cccc2c1cc(C(=O)[O-])n2CC=C(C)C. The van der Waals surface area contributed by atoms with Crippen molar-refractivity contribution >= 4 is 16.9 Å². The van der Waals surface area contributed by atoms with Gasteiger partial charge in [0.05, 0.1) is 17.2 Å². The summed E-state index contributed by atoms with van der Waals surface area (Å²) in [4.78, 5) is 11.4. The van der Waals surface area contributed by atoms with E-state index in [1.54, 1.807) is 16.7 Å². The Labute approximate surface area is 124 Å². The highest BCUT2D eigenvalue weighted by atomic mass is 16.5. The molecule has 0 aliphatic rings. The number of fused-ring (bicyclic) bond motifs is 1. The van der Waals surface area contributed by atoms with Crippen LogP contribution >= 0.6 is 0 Å². The molecule has 4 heteroatoms. The fraction of sp³-hybridized carbons (Fsp3) is 0.235. The number of rotatable bonds is 6. The molecule has 1 aromatic carbocycles. The molecule has 0 bridgehead atoms. The van der Waals surface area contributed by atoms with Crippen molar-refractivity contribution in [2.75, 3.05) is 6.61 Å². The molecule has 4 nitrogen and oxygen atoms in total. The molecule has 0 N–H and O–H groups in total. The molecule has 0 radical (unpaired) electrons. The normalized spacial score (nSPS) is 10.4. The third kappa shape index (κ3) is 3.16. The number of ether oxygens (including phenoxy) is 1. The van der Waals surface area contributed by atoms with Crippen molar-refractivity contribution in [3.8, 4) is 5.75 Å². The number of carboxylic acids is 1. The maximum absolute atomic E-state index is 11.4. The van der Waals surface area contributed by atoms with Gasteiger partial charge in [0, 0.05) is 11.9 Å². The zero-order valence-electron chi connectivity index (χ0n) is 12.3. The number of carboxylic acid groups (broad SMARTS) is 1. The van der Waals surface area contributed by atoms with E-state index >= 15 is 0 Å². The number of hydrogen-bond acceptors (Lipinski definition) is 3. The lowest BCUT2D eigenvalue weighted by Gasteiger charge is -2.10. The van der Waals surface area contributed by atoms with Gasteiger partial charge in [-0.05, 0) is 32.0 Å². The molecule has 1 aromatic heterocycles. The maximum atomic E-state index is 11.4. The number of carbonyl (C=O) groups excluding carboxylic acids is 1. The van der Waals surface area contributed by atoms with Crippen LogP contribution in [0.5, 0.6) is 5.75 Å². The first-order valence-electron chi connectivity index (χ1n) is 6.75. The zero-order valence-corrected chi connectivity index (χ0v) is 12.3. The monoisotopic (exact) mass is 284 g/mol. The van der Waals surface area contributed by atoms with Crippen molar-refractivity contribution in [1.29, 1.82) is 0 Å². The standard InChI is InChI=1S/C17H19NO3/c1-4-10-21-16-7-5-6-14-13(16)11-15(17(19)20)18(14)9-8-12(2)3/h4-8,11H,1,9-10H2,2-3H3,(H,19,20)/p-1. The first-order chi connectivity index (χ1) is 10.0. The second-order valence-corrected chi connectivity index (χ2v) is 5.00. The Bertz CT molecular complexity index is 706. The van der Waals surface area contributed by atoms with E-state index in [1.807, 2.05) is 38.1 Å². The Morgan fingerprint density at radius 1 is 1.43 bits per heavy atom. The molecule has 21 heavy (non-hydrogen) atoms. The van der Waals surface area contributed by atoms with Crippen LogP contribution in [0.1, 0.15) is 24.3 Å². The van der Waals surface area contributed by atoms with Gasteiger partial charge in [-0.25, -0.2) is 0 Å². The highest BCUT2D eigenvalue weighted by Crippen LogP contribution is 2.29. The first-order valence-corrected chi connectivity index (χ1v) is 6.75. The molecule has 0 aliphatic heterocycles. The van der Waals surface area contributed by atoms with Gasteiger partial charge in [-0.2, -0.15) is 0 Å². The van der Waals surface area contributed by atoms with Crippen molar-refractivity contribution in [2.24, 2.45) is 0 Å². The van der Waals surface area contributed by atoms with Gasteiger partial charge in [0.15, 0.2) is 0 Å². The average Bonchev–Trinajstić information content (AvgIpc) is 2.82. The van der Waals surface area contributed by atoms with Gasteiger partial charge in [-0.3, -0.25) is 0 Å². The minimum absolute atomic E-state index is 0.150. The van der Waals surface area contributed by atoms with Crippen LogP contribution in [0.25, 0.3) is 10.9 Å². The Kier molecular flexibility index (Phi) is 4.48. The summed E-state index contributed by atoms with van der Waals surface area (Å²) in [5, 5.41) is 12.1. The van der Waals surface area contributed by atoms with E-state index in [0.717, 1.165) is 16.5 Å². The lowest BCUT2D eigenvalue weighted by atomic mass is 10.2. The molecule has 0 spiro atoms. The number of allylic oxidation sites excluding steroid dienone is 2. The van der Waals surface area contributed by atoms with E-state index in [0.29, 0.717) is 18.9 Å². The molecule has 2 rings (SSSR count). The number of nitrogens with zero attached hydrogens (tertiary/aromatic N) is 1. The summed E-state index contributed by atoms with van der Waals surface area (Å²) in [6.45, 7) is 8.42. The van der Waals surface area contributed by atoms with E-state index in [4.69, 9.17) is 4.74 Å². The van der Waals surface area contributed by atoms with Crippen LogP contribution in [0.2, 0.25) is 0 Å². The van der Waals surface area contributed by atoms with Gasteiger partial charge < -0.3 is 19.2 Å². The summed E-state index contributed by atoms with van der Waals surface area (Å²) in [6, 6.07) is 7.14. The fourth-order valence-corrected chi connectivity index (χ4v) is 2.17. The van der Waals surface area contributed by atoms with Gasteiger partial charge >= 0.3 is 0 Å². The van der Waals surface area contributed by atoms with Crippen molar-refractivity contribution in [1.82, 2.24) is 4.57 Å². The molecule has 0 aliphatic carbocycles. The van der Waals surface area contributed by atoms with E-state index in [2.05, 4.69) is 6.58 Å². The Balaban J connectivity index is 2.59.